The van der Waals surface area contributed by atoms with Crippen LogP contribution in [-0.4, -0.2) is 52.7 Å². The van der Waals surface area contributed by atoms with Crippen molar-refractivity contribution in [2.45, 2.75) is 31.0 Å². The van der Waals surface area contributed by atoms with E-state index < -0.39 is 0 Å². The van der Waals surface area contributed by atoms with Crippen molar-refractivity contribution in [1.82, 2.24) is 14.5 Å². The van der Waals surface area contributed by atoms with E-state index in [1.54, 1.807) is 35.6 Å². The van der Waals surface area contributed by atoms with Gasteiger partial charge in [-0.3, -0.25) is 14.2 Å². The molecule has 4 rings (SSSR count). The minimum atomic E-state index is -0.331. The number of methoxy groups -OCH3 is 1. The van der Waals surface area contributed by atoms with Gasteiger partial charge in [0.2, 0.25) is 5.88 Å². The second kappa shape index (κ2) is 8.67. The van der Waals surface area contributed by atoms with E-state index >= 15 is 0 Å². The summed E-state index contributed by atoms with van der Waals surface area (Å²) in [7, 11) is 1.55. The molecule has 0 atom stereocenters. The predicted molar refractivity (Wildman–Crippen MR) is 109 cm³/mol. The van der Waals surface area contributed by atoms with Crippen LogP contribution >= 0.6 is 11.8 Å². The number of Topliss-reactive ketones (excluding diaryl/α,β-unsaturated/α-hetero) is 1. The molecule has 0 unspecified atom stereocenters. The van der Waals surface area contributed by atoms with E-state index in [4.69, 9.17) is 4.74 Å². The van der Waals surface area contributed by atoms with Crippen molar-refractivity contribution >= 4 is 17.5 Å². The molecule has 0 bridgehead atoms. The smallest absolute Gasteiger partial charge is 0.261 e. The molecule has 0 aliphatic carbocycles. The molecule has 0 N–H and O–H groups in total. The number of benzene rings is 1. The Hall–Kier alpha value is -2.19. The molecule has 0 amide bonds. The maximum absolute atomic E-state index is 13.1. The number of halogens is 1. The average molecular weight is 418 g/mol. The van der Waals surface area contributed by atoms with Gasteiger partial charge in [-0.05, 0) is 56.6 Å². The fourth-order valence-corrected chi connectivity index (χ4v) is 4.95. The van der Waals surface area contributed by atoms with Gasteiger partial charge in [0.1, 0.15) is 5.82 Å². The van der Waals surface area contributed by atoms with Gasteiger partial charge in [0.05, 0.1) is 12.7 Å². The van der Waals surface area contributed by atoms with Crippen molar-refractivity contribution in [1.29, 1.82) is 0 Å². The molecule has 0 saturated carbocycles. The maximum atomic E-state index is 13.1. The van der Waals surface area contributed by atoms with Crippen molar-refractivity contribution in [3.63, 3.8) is 0 Å². The molecule has 154 valence electrons. The third kappa shape index (κ3) is 4.23. The number of nitrogens with zero attached hydrogens (tertiary/aromatic N) is 3. The normalized spacial score (nSPS) is 17.3. The first kappa shape index (κ1) is 20.1. The first-order chi connectivity index (χ1) is 14.1. The van der Waals surface area contributed by atoms with Crippen LogP contribution in [0.25, 0.3) is 0 Å². The Labute approximate surface area is 173 Å². The number of ketones is 1. The van der Waals surface area contributed by atoms with E-state index in [-0.39, 0.29) is 23.1 Å². The number of carbonyl (C=O) groups excluding carboxylic acids is 1. The summed E-state index contributed by atoms with van der Waals surface area (Å²) in [5.74, 6) is 1.02. The first-order valence-corrected chi connectivity index (χ1v) is 10.9. The highest BCUT2D eigenvalue weighted by atomic mass is 32.2. The van der Waals surface area contributed by atoms with Crippen LogP contribution in [0.2, 0.25) is 0 Å². The minimum absolute atomic E-state index is 0.00164. The standard InChI is InChI=1S/C21H24FN3O3S/c1-28-19-17(20(27)25-12-13-29-21(25)23-19)8-11-24-9-6-15(7-10-24)18(26)14-2-4-16(22)5-3-14/h2-5,15H,6-13H2,1H3. The fourth-order valence-electron chi connectivity index (χ4n) is 4.01. The SMILES string of the molecule is COc1nc2n(c(=O)c1CCN1CCC(C(=O)c3ccc(F)cc3)CC1)CCS2. The molecule has 1 saturated heterocycles. The van der Waals surface area contributed by atoms with Crippen LogP contribution in [0, 0.1) is 11.7 Å². The second-order valence-electron chi connectivity index (χ2n) is 7.42. The lowest BCUT2D eigenvalue weighted by molar-refractivity contribution is 0.0841. The maximum Gasteiger partial charge on any atom is 0.261 e. The Morgan fingerprint density at radius 2 is 1.97 bits per heavy atom. The Morgan fingerprint density at radius 3 is 2.66 bits per heavy atom. The number of hydrogen-bond acceptors (Lipinski definition) is 6. The Morgan fingerprint density at radius 1 is 1.24 bits per heavy atom. The molecule has 3 heterocycles. The summed E-state index contributed by atoms with van der Waals surface area (Å²) in [5, 5.41) is 0.732. The van der Waals surface area contributed by atoms with E-state index in [0.717, 1.165) is 43.4 Å². The van der Waals surface area contributed by atoms with E-state index in [1.807, 2.05) is 0 Å². The zero-order valence-electron chi connectivity index (χ0n) is 16.4. The molecule has 2 aliphatic rings. The van der Waals surface area contributed by atoms with Crippen molar-refractivity contribution in [2.75, 3.05) is 32.5 Å². The lowest BCUT2D eigenvalue weighted by atomic mass is 9.89. The molecule has 6 nitrogen and oxygen atoms in total. The van der Waals surface area contributed by atoms with Gasteiger partial charge in [-0.1, -0.05) is 11.8 Å². The zero-order valence-corrected chi connectivity index (χ0v) is 17.2. The highest BCUT2D eigenvalue weighted by Gasteiger charge is 2.27. The minimum Gasteiger partial charge on any atom is -0.481 e. The van der Waals surface area contributed by atoms with E-state index in [9.17, 15) is 14.0 Å². The van der Waals surface area contributed by atoms with Gasteiger partial charge in [0, 0.05) is 30.3 Å². The molecule has 29 heavy (non-hydrogen) atoms. The van der Waals surface area contributed by atoms with Crippen LogP contribution in [0.15, 0.2) is 34.2 Å². The largest absolute Gasteiger partial charge is 0.481 e. The average Bonchev–Trinajstić information content (AvgIpc) is 3.22. The molecule has 8 heteroatoms. The summed E-state index contributed by atoms with van der Waals surface area (Å²) in [6.45, 7) is 3.03. The van der Waals surface area contributed by atoms with E-state index in [1.165, 1.54) is 12.1 Å². The molecule has 0 radical (unpaired) electrons. The fraction of sp³-hybridized carbons (Fsp3) is 0.476. The molecular formula is C21H24FN3O3S. The van der Waals surface area contributed by atoms with Gasteiger partial charge < -0.3 is 9.64 Å². The summed E-state index contributed by atoms with van der Waals surface area (Å²) < 4.78 is 20.2. The summed E-state index contributed by atoms with van der Waals surface area (Å²) in [6, 6.07) is 5.78. The first-order valence-electron chi connectivity index (χ1n) is 9.89. The van der Waals surface area contributed by atoms with Crippen LogP contribution in [-0.2, 0) is 13.0 Å². The molecule has 1 aromatic heterocycles. The summed E-state index contributed by atoms with van der Waals surface area (Å²) in [4.78, 5) is 32.2. The number of thioether (sulfide) groups is 1. The zero-order chi connectivity index (χ0) is 20.4. The van der Waals surface area contributed by atoms with Crippen molar-refractivity contribution in [3.05, 3.63) is 51.6 Å². The van der Waals surface area contributed by atoms with Crippen molar-refractivity contribution < 1.29 is 13.9 Å². The molecule has 1 fully saturated rings. The summed E-state index contributed by atoms with van der Waals surface area (Å²) in [6.07, 6.45) is 2.12. The van der Waals surface area contributed by atoms with Crippen molar-refractivity contribution in [3.8, 4) is 5.88 Å². The van der Waals surface area contributed by atoms with Crippen LogP contribution in [0.4, 0.5) is 4.39 Å². The number of rotatable bonds is 6. The monoisotopic (exact) mass is 417 g/mol. The highest BCUT2D eigenvalue weighted by molar-refractivity contribution is 7.99. The molecule has 2 aromatic rings. The summed E-state index contributed by atoms with van der Waals surface area (Å²) in [5.41, 5.74) is 1.20. The van der Waals surface area contributed by atoms with Gasteiger partial charge >= 0.3 is 0 Å². The van der Waals surface area contributed by atoms with Gasteiger partial charge in [-0.2, -0.15) is 4.98 Å². The van der Waals surface area contributed by atoms with Crippen LogP contribution < -0.4 is 10.3 Å². The molecule has 1 aromatic carbocycles. The lowest BCUT2D eigenvalue weighted by Gasteiger charge is -2.31. The topological polar surface area (TPSA) is 64.4 Å². The van der Waals surface area contributed by atoms with Gasteiger partial charge in [-0.25, -0.2) is 4.39 Å². The third-order valence-electron chi connectivity index (χ3n) is 5.69. The number of aromatic nitrogens is 2. The van der Waals surface area contributed by atoms with Crippen molar-refractivity contribution in [2.24, 2.45) is 5.92 Å². The second-order valence-corrected chi connectivity index (χ2v) is 8.49. The highest BCUT2D eigenvalue weighted by Crippen LogP contribution is 2.26. The summed E-state index contributed by atoms with van der Waals surface area (Å²) >= 11 is 1.58. The molecule has 2 aliphatic heterocycles. The third-order valence-corrected chi connectivity index (χ3v) is 6.65. The quantitative estimate of drug-likeness (QED) is 0.532. The molecular weight excluding hydrogens is 393 g/mol. The Balaban J connectivity index is 1.36. The lowest BCUT2D eigenvalue weighted by Crippen LogP contribution is -2.38. The number of carbonyl (C=O) groups is 1. The van der Waals surface area contributed by atoms with Gasteiger partial charge in [0.15, 0.2) is 10.9 Å². The van der Waals surface area contributed by atoms with E-state index in [0.29, 0.717) is 30.0 Å². The number of likely N-dealkylation sites (tertiary alicyclic amines) is 1. The van der Waals surface area contributed by atoms with Gasteiger partial charge in [0.25, 0.3) is 5.56 Å². The van der Waals surface area contributed by atoms with Crippen LogP contribution in [0.5, 0.6) is 5.88 Å². The Bertz CT molecular complexity index is 953. The number of fused-ring (bicyclic) bond motifs is 1. The predicted octanol–water partition coefficient (Wildman–Crippen LogP) is 2.63. The van der Waals surface area contributed by atoms with E-state index in [2.05, 4.69) is 9.88 Å². The molecule has 0 spiro atoms. The van der Waals surface area contributed by atoms with Crippen LogP contribution in [0.3, 0.4) is 0 Å². The van der Waals surface area contributed by atoms with Gasteiger partial charge in [-0.15, -0.1) is 0 Å². The Kier molecular flexibility index (Phi) is 6.01. The number of hydrogen-bond donors (Lipinski definition) is 0. The number of ether oxygens (including phenoxy) is 1. The van der Waals surface area contributed by atoms with Crippen LogP contribution in [0.1, 0.15) is 28.8 Å². The number of piperidine rings is 1.